The molecule has 0 aliphatic carbocycles. The molecule has 8 nitrogen and oxygen atoms in total. The summed E-state index contributed by atoms with van der Waals surface area (Å²) in [6.07, 6.45) is 3.55. The van der Waals surface area contributed by atoms with E-state index in [-0.39, 0.29) is 11.9 Å². The zero-order valence-corrected chi connectivity index (χ0v) is 21.9. The number of nitrogens with zero attached hydrogens (tertiary/aromatic N) is 6. The Morgan fingerprint density at radius 2 is 1.97 bits per heavy atom. The van der Waals surface area contributed by atoms with Gasteiger partial charge in [-0.3, -0.25) is 0 Å². The Morgan fingerprint density at radius 3 is 2.79 bits per heavy atom. The number of hydrogen-bond donors (Lipinski definition) is 1. The fourth-order valence-corrected chi connectivity index (χ4v) is 6.07. The number of likely N-dealkylation sites (tertiary alicyclic amines) is 1. The Hall–Kier alpha value is -3.48. The molecule has 0 unspecified atom stereocenters. The van der Waals surface area contributed by atoms with Crippen LogP contribution in [0.25, 0.3) is 10.8 Å². The number of likely N-dealkylation sites (N-methyl/N-ethyl adjacent to an activating group) is 1. The molecule has 3 aromatic rings. The number of piperazine rings is 1. The predicted molar refractivity (Wildman–Crippen MR) is 146 cm³/mol. The van der Waals surface area contributed by atoms with E-state index in [1.165, 1.54) is 6.42 Å². The van der Waals surface area contributed by atoms with Gasteiger partial charge in [-0.2, -0.15) is 15.2 Å². The largest absolute Gasteiger partial charge is 0.462 e. The van der Waals surface area contributed by atoms with E-state index < -0.39 is 0 Å². The van der Waals surface area contributed by atoms with Crippen molar-refractivity contribution >= 4 is 22.3 Å². The fraction of sp³-hybridized carbons (Fsp3) is 0.483. The molecule has 9 heteroatoms. The molecule has 0 saturated carbocycles. The molecule has 0 bridgehead atoms. The molecular weight excluding hydrogens is 481 g/mol. The molecule has 2 saturated heterocycles. The first-order chi connectivity index (χ1) is 18.6. The average molecular weight is 516 g/mol. The zero-order chi connectivity index (χ0) is 26.1. The van der Waals surface area contributed by atoms with Gasteiger partial charge in [-0.25, -0.2) is 4.39 Å². The molecule has 3 aliphatic heterocycles. The van der Waals surface area contributed by atoms with Gasteiger partial charge >= 0.3 is 6.01 Å². The molecule has 1 N–H and O–H groups in total. The van der Waals surface area contributed by atoms with Crippen molar-refractivity contribution in [3.8, 4) is 12.1 Å². The number of nitrogens with one attached hydrogen (secondary N) is 1. The molecule has 0 spiro atoms. The van der Waals surface area contributed by atoms with E-state index in [1.807, 2.05) is 30.3 Å². The van der Waals surface area contributed by atoms with Crippen LogP contribution in [0.15, 0.2) is 36.4 Å². The smallest absolute Gasteiger partial charge is 0.318 e. The molecule has 3 aliphatic rings. The van der Waals surface area contributed by atoms with E-state index in [0.29, 0.717) is 37.0 Å². The van der Waals surface area contributed by atoms with E-state index in [1.54, 1.807) is 6.07 Å². The van der Waals surface area contributed by atoms with Gasteiger partial charge in [0.05, 0.1) is 24.7 Å². The molecule has 2 atom stereocenters. The van der Waals surface area contributed by atoms with Crippen LogP contribution in [0.1, 0.15) is 30.5 Å². The lowest BCUT2D eigenvalue weighted by molar-refractivity contribution is 0.187. The van der Waals surface area contributed by atoms with Crippen LogP contribution in [0, 0.1) is 17.1 Å². The SMILES string of the molecule is CN1CCC[C@H]1COc1nc2c(c(N3CCN[C@@H](CC#N)C3)n1)CCN(c1ccc(F)c3ccccc13)C2. The second-order valence-electron chi connectivity index (χ2n) is 10.6. The number of halogens is 1. The summed E-state index contributed by atoms with van der Waals surface area (Å²) in [5.74, 6) is 0.724. The van der Waals surface area contributed by atoms with Gasteiger partial charge in [0, 0.05) is 60.3 Å². The zero-order valence-electron chi connectivity index (χ0n) is 21.9. The molecule has 4 heterocycles. The topological polar surface area (TPSA) is 80.5 Å². The third-order valence-corrected chi connectivity index (χ3v) is 8.18. The molecule has 0 radical (unpaired) electrons. The second-order valence-corrected chi connectivity index (χ2v) is 10.6. The maximum absolute atomic E-state index is 14.5. The lowest BCUT2D eigenvalue weighted by atomic mass is 10.0. The summed E-state index contributed by atoms with van der Waals surface area (Å²) >= 11 is 0. The molecule has 1 aromatic heterocycles. The van der Waals surface area contributed by atoms with Crippen LogP contribution < -0.4 is 19.9 Å². The van der Waals surface area contributed by atoms with Crippen LogP contribution in [-0.2, 0) is 13.0 Å². The Labute approximate surface area is 223 Å². The number of hydrogen-bond acceptors (Lipinski definition) is 8. The van der Waals surface area contributed by atoms with Gasteiger partial charge < -0.3 is 24.8 Å². The minimum absolute atomic E-state index is 0.113. The van der Waals surface area contributed by atoms with Crippen molar-refractivity contribution in [2.45, 2.75) is 44.3 Å². The van der Waals surface area contributed by atoms with E-state index >= 15 is 0 Å². The Kier molecular flexibility index (Phi) is 7.00. The van der Waals surface area contributed by atoms with Gasteiger partial charge in [0.25, 0.3) is 0 Å². The van der Waals surface area contributed by atoms with Crippen molar-refractivity contribution in [2.75, 3.05) is 56.2 Å². The molecule has 2 aromatic carbocycles. The summed E-state index contributed by atoms with van der Waals surface area (Å²) in [6, 6.07) is 14.3. The lowest BCUT2D eigenvalue weighted by Gasteiger charge is -2.37. The number of fused-ring (bicyclic) bond motifs is 2. The van der Waals surface area contributed by atoms with Crippen LogP contribution in [0.4, 0.5) is 15.9 Å². The van der Waals surface area contributed by atoms with E-state index in [2.05, 4.69) is 33.1 Å². The molecular formula is C29H34FN7O. The molecule has 2 fully saturated rings. The third kappa shape index (κ3) is 4.86. The summed E-state index contributed by atoms with van der Waals surface area (Å²) in [5.41, 5.74) is 3.12. The van der Waals surface area contributed by atoms with Gasteiger partial charge in [0.15, 0.2) is 0 Å². The Morgan fingerprint density at radius 1 is 1.11 bits per heavy atom. The van der Waals surface area contributed by atoms with Gasteiger partial charge in [-0.15, -0.1) is 0 Å². The van der Waals surface area contributed by atoms with Crippen LogP contribution >= 0.6 is 0 Å². The monoisotopic (exact) mass is 515 g/mol. The minimum Gasteiger partial charge on any atom is -0.462 e. The first-order valence-electron chi connectivity index (χ1n) is 13.6. The van der Waals surface area contributed by atoms with Crippen molar-refractivity contribution in [3.63, 3.8) is 0 Å². The number of benzene rings is 2. The maximum atomic E-state index is 14.5. The lowest BCUT2D eigenvalue weighted by Crippen LogP contribution is -2.51. The van der Waals surface area contributed by atoms with E-state index in [9.17, 15) is 9.65 Å². The highest BCUT2D eigenvalue weighted by Gasteiger charge is 2.30. The van der Waals surface area contributed by atoms with Crippen LogP contribution in [-0.4, -0.2) is 73.3 Å². The van der Waals surface area contributed by atoms with E-state index in [4.69, 9.17) is 14.7 Å². The molecule has 6 rings (SSSR count). The highest BCUT2D eigenvalue weighted by Crippen LogP contribution is 2.35. The first kappa shape index (κ1) is 24.8. The van der Waals surface area contributed by atoms with Crippen LogP contribution in [0.2, 0.25) is 0 Å². The summed E-state index contributed by atoms with van der Waals surface area (Å²) in [6.45, 7) is 5.41. The quantitative estimate of drug-likeness (QED) is 0.535. The van der Waals surface area contributed by atoms with Gasteiger partial charge in [-0.05, 0) is 45.0 Å². The number of rotatable bonds is 6. The summed E-state index contributed by atoms with van der Waals surface area (Å²) in [5, 5.41) is 14.2. The second kappa shape index (κ2) is 10.7. The van der Waals surface area contributed by atoms with Crippen molar-refractivity contribution in [3.05, 3.63) is 53.5 Å². The van der Waals surface area contributed by atoms with Crippen molar-refractivity contribution in [2.24, 2.45) is 0 Å². The number of anilines is 2. The maximum Gasteiger partial charge on any atom is 0.318 e. The van der Waals surface area contributed by atoms with Crippen LogP contribution in [0.3, 0.4) is 0 Å². The third-order valence-electron chi connectivity index (χ3n) is 8.18. The summed E-state index contributed by atoms with van der Waals surface area (Å²) in [7, 11) is 2.14. The van der Waals surface area contributed by atoms with Crippen molar-refractivity contribution in [1.82, 2.24) is 20.2 Å². The van der Waals surface area contributed by atoms with Gasteiger partial charge in [0.1, 0.15) is 18.2 Å². The fourth-order valence-electron chi connectivity index (χ4n) is 6.07. The number of nitriles is 1. The molecule has 0 amide bonds. The highest BCUT2D eigenvalue weighted by molar-refractivity contribution is 5.94. The summed E-state index contributed by atoms with van der Waals surface area (Å²) < 4.78 is 20.8. The van der Waals surface area contributed by atoms with Gasteiger partial charge in [0.2, 0.25) is 0 Å². The molecule has 198 valence electrons. The normalized spacial score (nSPS) is 21.9. The van der Waals surface area contributed by atoms with E-state index in [0.717, 1.165) is 73.7 Å². The Bertz CT molecular complexity index is 1360. The standard InChI is InChI=1S/C29H34FN7O/c1-35-14-4-5-21(35)19-38-29-33-26-18-36(27-9-8-25(30)22-6-2-3-7-23(22)27)15-11-24(26)28(34-29)37-16-13-32-20(17-37)10-12-31/h2-3,6-9,20-21,32H,4-5,10-11,13-19H2,1H3/t20-,21-/m0/s1. The molecule has 38 heavy (non-hydrogen) atoms. The van der Waals surface area contributed by atoms with Gasteiger partial charge in [-0.1, -0.05) is 24.3 Å². The summed E-state index contributed by atoms with van der Waals surface area (Å²) in [4.78, 5) is 16.8. The highest BCUT2D eigenvalue weighted by atomic mass is 19.1. The number of aromatic nitrogens is 2. The predicted octanol–water partition coefficient (Wildman–Crippen LogP) is 3.50. The average Bonchev–Trinajstić information content (AvgIpc) is 3.36. The first-order valence-corrected chi connectivity index (χ1v) is 13.6. The van der Waals surface area contributed by atoms with Crippen molar-refractivity contribution in [1.29, 1.82) is 5.26 Å². The van der Waals surface area contributed by atoms with Crippen LogP contribution in [0.5, 0.6) is 6.01 Å². The number of ether oxygens (including phenoxy) is 1. The minimum atomic E-state index is -0.204. The Balaban J connectivity index is 1.33. The van der Waals surface area contributed by atoms with Crippen molar-refractivity contribution < 1.29 is 9.13 Å².